The molecule has 2 heterocycles. The number of likely N-dealkylation sites (N-methyl/N-ethyl adjacent to an activating group) is 1. The zero-order valence-electron chi connectivity index (χ0n) is 13.8. The molecule has 0 radical (unpaired) electrons. The molecular weight excluding hydrogens is 292 g/mol. The molecule has 3 rings (SSSR count). The van der Waals surface area contributed by atoms with Gasteiger partial charge in [-0.05, 0) is 26.1 Å². The van der Waals surface area contributed by atoms with E-state index in [0.29, 0.717) is 13.0 Å². The van der Waals surface area contributed by atoms with Crippen molar-refractivity contribution in [1.29, 1.82) is 0 Å². The van der Waals surface area contributed by atoms with Crippen LogP contribution in [0.15, 0.2) is 24.3 Å². The molecule has 2 aliphatic rings. The van der Waals surface area contributed by atoms with Crippen molar-refractivity contribution in [1.82, 2.24) is 15.1 Å². The van der Waals surface area contributed by atoms with E-state index >= 15 is 0 Å². The summed E-state index contributed by atoms with van der Waals surface area (Å²) in [5, 5.41) is 3.01. The molecule has 124 valence electrons. The molecule has 6 nitrogen and oxygen atoms in total. The third-order valence-corrected chi connectivity index (χ3v) is 4.59. The normalized spacial score (nSPS) is 22.5. The van der Waals surface area contributed by atoms with Crippen LogP contribution in [0.4, 0.5) is 10.5 Å². The van der Waals surface area contributed by atoms with Crippen LogP contribution in [0.3, 0.4) is 0 Å². The van der Waals surface area contributed by atoms with Crippen LogP contribution in [0.25, 0.3) is 0 Å². The van der Waals surface area contributed by atoms with Gasteiger partial charge in [-0.1, -0.05) is 17.7 Å². The molecule has 1 N–H and O–H groups in total. The van der Waals surface area contributed by atoms with Crippen LogP contribution in [0, 0.1) is 6.92 Å². The van der Waals surface area contributed by atoms with Gasteiger partial charge in [-0.15, -0.1) is 0 Å². The summed E-state index contributed by atoms with van der Waals surface area (Å²) in [6, 6.07) is 7.74. The largest absolute Gasteiger partial charge is 0.333 e. The monoisotopic (exact) mass is 316 g/mol. The van der Waals surface area contributed by atoms with Crippen LogP contribution in [-0.2, 0) is 4.79 Å². The minimum absolute atomic E-state index is 0.0540. The van der Waals surface area contributed by atoms with Gasteiger partial charge in [0.15, 0.2) is 0 Å². The highest BCUT2D eigenvalue weighted by molar-refractivity contribution is 5.96. The molecule has 2 aliphatic heterocycles. The molecule has 0 bridgehead atoms. The highest BCUT2D eigenvalue weighted by Gasteiger charge is 2.32. The fourth-order valence-electron chi connectivity index (χ4n) is 3.05. The zero-order chi connectivity index (χ0) is 16.4. The van der Waals surface area contributed by atoms with Crippen LogP contribution in [0.5, 0.6) is 0 Å². The van der Waals surface area contributed by atoms with Crippen molar-refractivity contribution in [2.24, 2.45) is 0 Å². The van der Waals surface area contributed by atoms with E-state index in [1.807, 2.05) is 36.1 Å². The van der Waals surface area contributed by atoms with Gasteiger partial charge < -0.3 is 20.0 Å². The summed E-state index contributed by atoms with van der Waals surface area (Å²) in [4.78, 5) is 30.3. The molecule has 0 aliphatic carbocycles. The Morgan fingerprint density at radius 2 is 1.78 bits per heavy atom. The number of carbonyl (C=O) groups excluding carboxylic acids is 2. The SMILES string of the molecule is Cc1ccc(N2C[C@@H](NC(=O)N3CCN(C)CC3)CC2=O)cc1. The highest BCUT2D eigenvalue weighted by Crippen LogP contribution is 2.22. The van der Waals surface area contributed by atoms with Gasteiger partial charge in [0.25, 0.3) is 0 Å². The third-order valence-electron chi connectivity index (χ3n) is 4.59. The lowest BCUT2D eigenvalue weighted by Gasteiger charge is -2.33. The van der Waals surface area contributed by atoms with Gasteiger partial charge in [0.1, 0.15) is 0 Å². The average molecular weight is 316 g/mol. The lowest BCUT2D eigenvalue weighted by atomic mass is 10.2. The summed E-state index contributed by atoms with van der Waals surface area (Å²) in [6.45, 7) is 5.84. The number of anilines is 1. The summed E-state index contributed by atoms with van der Waals surface area (Å²) in [5.74, 6) is 0.0672. The maximum atomic E-state index is 12.3. The molecule has 0 saturated carbocycles. The molecule has 1 aromatic rings. The Hall–Kier alpha value is -2.08. The predicted molar refractivity (Wildman–Crippen MR) is 89.5 cm³/mol. The van der Waals surface area contributed by atoms with Crippen LogP contribution in [0.2, 0.25) is 0 Å². The van der Waals surface area contributed by atoms with Crippen molar-refractivity contribution < 1.29 is 9.59 Å². The number of amides is 3. The van der Waals surface area contributed by atoms with E-state index in [0.717, 1.165) is 31.9 Å². The molecule has 0 unspecified atom stereocenters. The number of carbonyl (C=O) groups is 2. The lowest BCUT2D eigenvalue weighted by Crippen LogP contribution is -2.52. The maximum absolute atomic E-state index is 12.3. The quantitative estimate of drug-likeness (QED) is 0.887. The molecule has 2 saturated heterocycles. The molecule has 2 fully saturated rings. The molecule has 1 aromatic carbocycles. The fourth-order valence-corrected chi connectivity index (χ4v) is 3.05. The molecule has 23 heavy (non-hydrogen) atoms. The number of benzene rings is 1. The van der Waals surface area contributed by atoms with Crippen molar-refractivity contribution >= 4 is 17.6 Å². The Balaban J connectivity index is 1.57. The van der Waals surface area contributed by atoms with Crippen molar-refractivity contribution in [2.45, 2.75) is 19.4 Å². The molecule has 0 spiro atoms. The van der Waals surface area contributed by atoms with Gasteiger partial charge in [-0.25, -0.2) is 4.79 Å². The third kappa shape index (κ3) is 3.64. The van der Waals surface area contributed by atoms with Crippen molar-refractivity contribution in [3.05, 3.63) is 29.8 Å². The maximum Gasteiger partial charge on any atom is 0.317 e. The Kier molecular flexibility index (Phi) is 4.52. The number of nitrogens with zero attached hydrogens (tertiary/aromatic N) is 3. The minimum Gasteiger partial charge on any atom is -0.333 e. The van der Waals surface area contributed by atoms with Gasteiger partial charge in [0, 0.05) is 44.8 Å². The van der Waals surface area contributed by atoms with E-state index in [4.69, 9.17) is 0 Å². The number of rotatable bonds is 2. The summed E-state index contributed by atoms with van der Waals surface area (Å²) in [5.41, 5.74) is 2.07. The molecule has 6 heteroatoms. The number of urea groups is 1. The van der Waals surface area contributed by atoms with Crippen LogP contribution in [-0.4, -0.2) is 67.6 Å². The van der Waals surface area contributed by atoms with Gasteiger partial charge in [-0.2, -0.15) is 0 Å². The van der Waals surface area contributed by atoms with E-state index in [9.17, 15) is 9.59 Å². The first-order chi connectivity index (χ1) is 11.0. The second-order valence-electron chi connectivity index (χ2n) is 6.48. The predicted octanol–water partition coefficient (Wildman–Crippen LogP) is 1.06. The molecule has 1 atom stereocenters. The second-order valence-corrected chi connectivity index (χ2v) is 6.48. The first kappa shape index (κ1) is 15.8. The molecule has 0 aromatic heterocycles. The van der Waals surface area contributed by atoms with Crippen molar-refractivity contribution in [3.63, 3.8) is 0 Å². The number of hydrogen-bond acceptors (Lipinski definition) is 3. The van der Waals surface area contributed by atoms with E-state index in [-0.39, 0.29) is 18.0 Å². The molecular formula is C17H24N4O2. The summed E-state index contributed by atoms with van der Waals surface area (Å²) in [7, 11) is 2.06. The number of nitrogens with one attached hydrogen (secondary N) is 1. The second kappa shape index (κ2) is 6.58. The van der Waals surface area contributed by atoms with Gasteiger partial charge in [0.05, 0.1) is 6.04 Å². The summed E-state index contributed by atoms with van der Waals surface area (Å²) >= 11 is 0. The van der Waals surface area contributed by atoms with E-state index < -0.39 is 0 Å². The number of piperazine rings is 1. The lowest BCUT2D eigenvalue weighted by molar-refractivity contribution is -0.117. The summed E-state index contributed by atoms with van der Waals surface area (Å²) < 4.78 is 0. The highest BCUT2D eigenvalue weighted by atomic mass is 16.2. The smallest absolute Gasteiger partial charge is 0.317 e. The zero-order valence-corrected chi connectivity index (χ0v) is 13.8. The van der Waals surface area contributed by atoms with Crippen molar-refractivity contribution in [2.75, 3.05) is 44.7 Å². The first-order valence-corrected chi connectivity index (χ1v) is 8.14. The summed E-state index contributed by atoms with van der Waals surface area (Å²) in [6.07, 6.45) is 0.368. The van der Waals surface area contributed by atoms with Crippen molar-refractivity contribution in [3.8, 4) is 0 Å². The fraction of sp³-hybridized carbons (Fsp3) is 0.529. The number of aryl methyl sites for hydroxylation is 1. The number of hydrogen-bond donors (Lipinski definition) is 1. The van der Waals surface area contributed by atoms with E-state index in [2.05, 4.69) is 17.3 Å². The average Bonchev–Trinajstić information content (AvgIpc) is 2.89. The van der Waals surface area contributed by atoms with E-state index in [1.54, 1.807) is 4.90 Å². The first-order valence-electron chi connectivity index (χ1n) is 8.14. The Morgan fingerprint density at radius 3 is 2.43 bits per heavy atom. The minimum atomic E-state index is -0.115. The topological polar surface area (TPSA) is 55.9 Å². The van der Waals surface area contributed by atoms with Crippen LogP contribution in [0.1, 0.15) is 12.0 Å². The van der Waals surface area contributed by atoms with Gasteiger partial charge in [-0.3, -0.25) is 4.79 Å². The standard InChI is InChI=1S/C17H24N4O2/c1-13-3-5-15(6-4-13)21-12-14(11-16(21)22)18-17(23)20-9-7-19(2)8-10-20/h3-6,14H,7-12H2,1-2H3,(H,18,23)/t14-/m0/s1. The van der Waals surface area contributed by atoms with Gasteiger partial charge in [0.2, 0.25) is 5.91 Å². The Labute approximate surface area is 137 Å². The molecule has 3 amide bonds. The van der Waals surface area contributed by atoms with Gasteiger partial charge >= 0.3 is 6.03 Å². The van der Waals surface area contributed by atoms with Crippen LogP contribution >= 0.6 is 0 Å². The Morgan fingerprint density at radius 1 is 1.13 bits per heavy atom. The van der Waals surface area contributed by atoms with Crippen LogP contribution < -0.4 is 10.2 Å². The Bertz CT molecular complexity index is 579. The van der Waals surface area contributed by atoms with E-state index in [1.165, 1.54) is 5.56 Å².